The highest BCUT2D eigenvalue weighted by Gasteiger charge is 2.24. The highest BCUT2D eigenvalue weighted by molar-refractivity contribution is 7.14. The van der Waals surface area contributed by atoms with Crippen molar-refractivity contribution in [3.63, 3.8) is 0 Å². The Morgan fingerprint density at radius 1 is 1.38 bits per heavy atom. The van der Waals surface area contributed by atoms with Gasteiger partial charge in [0.05, 0.1) is 12.1 Å². The number of rotatable bonds is 4. The first-order chi connectivity index (χ1) is 11.5. The molecule has 0 aliphatic carbocycles. The summed E-state index contributed by atoms with van der Waals surface area (Å²) in [5, 5.41) is 2.37. The summed E-state index contributed by atoms with van der Waals surface area (Å²) in [5.41, 5.74) is 5.75. The zero-order valence-corrected chi connectivity index (χ0v) is 13.9. The van der Waals surface area contributed by atoms with Crippen molar-refractivity contribution in [1.82, 2.24) is 20.4 Å². The van der Waals surface area contributed by atoms with E-state index in [2.05, 4.69) is 15.8 Å². The van der Waals surface area contributed by atoms with Crippen LogP contribution in [0.25, 0.3) is 0 Å². The van der Waals surface area contributed by atoms with Crippen molar-refractivity contribution >= 4 is 34.2 Å². The van der Waals surface area contributed by atoms with E-state index in [0.29, 0.717) is 29.5 Å². The summed E-state index contributed by atoms with van der Waals surface area (Å²) in [6.45, 7) is 0.671. The lowest BCUT2D eigenvalue weighted by Gasteiger charge is -2.10. The second-order valence-electron chi connectivity index (χ2n) is 5.45. The molecule has 1 fully saturated rings. The molecule has 3 rings (SSSR count). The Morgan fingerprint density at radius 3 is 2.88 bits per heavy atom. The highest BCUT2D eigenvalue weighted by atomic mass is 32.1. The molecule has 8 nitrogen and oxygen atoms in total. The fourth-order valence-corrected chi connectivity index (χ4v) is 3.32. The monoisotopic (exact) mass is 347 g/mol. The number of thiazole rings is 1. The number of nitrogens with zero attached hydrogens (tertiary/aromatic N) is 3. The zero-order chi connectivity index (χ0) is 17.1. The summed E-state index contributed by atoms with van der Waals surface area (Å²) >= 11 is 1.34. The second kappa shape index (κ2) is 6.83. The van der Waals surface area contributed by atoms with Gasteiger partial charge in [-0.1, -0.05) is 0 Å². The molecule has 1 aliphatic heterocycles. The van der Waals surface area contributed by atoms with Gasteiger partial charge in [0.25, 0.3) is 5.91 Å². The molecule has 24 heavy (non-hydrogen) atoms. The van der Waals surface area contributed by atoms with Crippen LogP contribution in [0.3, 0.4) is 0 Å². The lowest BCUT2D eigenvalue weighted by Crippen LogP contribution is -2.43. The van der Waals surface area contributed by atoms with Gasteiger partial charge >= 0.3 is 0 Å². The number of hydrogen-bond acceptors (Lipinski definition) is 5. The number of hydrogen-bond donors (Lipinski definition) is 2. The van der Waals surface area contributed by atoms with Crippen molar-refractivity contribution in [1.29, 1.82) is 0 Å². The van der Waals surface area contributed by atoms with Gasteiger partial charge < -0.3 is 4.57 Å². The predicted molar refractivity (Wildman–Crippen MR) is 88.4 cm³/mol. The maximum atomic E-state index is 11.9. The molecule has 0 bridgehead atoms. The number of anilines is 1. The number of carbonyl (C=O) groups is 3. The summed E-state index contributed by atoms with van der Waals surface area (Å²) in [4.78, 5) is 41.5. The minimum atomic E-state index is -0.391. The third-order valence-corrected chi connectivity index (χ3v) is 4.59. The van der Waals surface area contributed by atoms with E-state index in [1.54, 1.807) is 40.2 Å². The van der Waals surface area contributed by atoms with Gasteiger partial charge in [-0.25, -0.2) is 4.98 Å². The van der Waals surface area contributed by atoms with Crippen LogP contribution in [0.4, 0.5) is 5.13 Å². The SMILES string of the molecule is Cn1cccc1C(=O)NNC(=O)Cc1csc(N2CCCC2=O)n1. The van der Waals surface area contributed by atoms with E-state index in [1.165, 1.54) is 11.3 Å². The van der Waals surface area contributed by atoms with Crippen LogP contribution in [0, 0.1) is 0 Å². The summed E-state index contributed by atoms with van der Waals surface area (Å²) < 4.78 is 1.65. The van der Waals surface area contributed by atoms with Gasteiger partial charge in [-0.05, 0) is 18.6 Å². The molecule has 126 valence electrons. The summed E-state index contributed by atoms with van der Waals surface area (Å²) in [5.74, 6) is -0.699. The topological polar surface area (TPSA) is 96.3 Å². The molecule has 0 atom stereocenters. The van der Waals surface area contributed by atoms with Crippen molar-refractivity contribution in [3.05, 3.63) is 35.1 Å². The number of carbonyl (C=O) groups excluding carboxylic acids is 3. The smallest absolute Gasteiger partial charge is 0.286 e. The largest absolute Gasteiger partial charge is 0.347 e. The van der Waals surface area contributed by atoms with E-state index in [9.17, 15) is 14.4 Å². The summed E-state index contributed by atoms with van der Waals surface area (Å²) in [6.07, 6.45) is 3.15. The van der Waals surface area contributed by atoms with Gasteiger partial charge in [0.2, 0.25) is 11.8 Å². The predicted octanol–water partition coefficient (Wildman–Crippen LogP) is 0.612. The quantitative estimate of drug-likeness (QED) is 0.792. The van der Waals surface area contributed by atoms with Crippen molar-refractivity contribution in [2.45, 2.75) is 19.3 Å². The van der Waals surface area contributed by atoms with E-state index in [-0.39, 0.29) is 18.2 Å². The van der Waals surface area contributed by atoms with Gasteiger partial charge in [-0.2, -0.15) is 0 Å². The van der Waals surface area contributed by atoms with Gasteiger partial charge in [0.15, 0.2) is 5.13 Å². The summed E-state index contributed by atoms with van der Waals surface area (Å²) in [6, 6.07) is 3.40. The molecule has 1 saturated heterocycles. The van der Waals surface area contributed by atoms with E-state index in [4.69, 9.17) is 0 Å². The Morgan fingerprint density at radius 2 is 2.21 bits per heavy atom. The Balaban J connectivity index is 1.52. The van der Waals surface area contributed by atoms with Crippen LogP contribution in [0.15, 0.2) is 23.7 Å². The lowest BCUT2D eigenvalue weighted by atomic mass is 10.3. The Hall–Kier alpha value is -2.68. The van der Waals surface area contributed by atoms with Crippen LogP contribution in [-0.2, 0) is 23.1 Å². The molecule has 3 amide bonds. The molecule has 2 N–H and O–H groups in total. The molecule has 9 heteroatoms. The molecule has 2 aromatic rings. The average molecular weight is 347 g/mol. The molecule has 0 aromatic carbocycles. The molecule has 0 spiro atoms. The fraction of sp³-hybridized carbons (Fsp3) is 0.333. The van der Waals surface area contributed by atoms with E-state index in [0.717, 1.165) is 6.42 Å². The maximum Gasteiger partial charge on any atom is 0.286 e. The molecular weight excluding hydrogens is 330 g/mol. The van der Waals surface area contributed by atoms with E-state index >= 15 is 0 Å². The molecule has 0 unspecified atom stereocenters. The van der Waals surface area contributed by atoms with Crippen LogP contribution in [-0.4, -0.2) is 33.8 Å². The first kappa shape index (κ1) is 16.2. The third kappa shape index (κ3) is 3.46. The van der Waals surface area contributed by atoms with Gasteiger partial charge in [0.1, 0.15) is 5.69 Å². The molecule has 2 aromatic heterocycles. The molecule has 0 saturated carbocycles. The van der Waals surface area contributed by atoms with Crippen molar-refractivity contribution in [3.8, 4) is 0 Å². The molecule has 3 heterocycles. The first-order valence-electron chi connectivity index (χ1n) is 7.50. The average Bonchev–Trinajstić information content (AvgIpc) is 3.26. The molecular formula is C15H17N5O3S. The number of nitrogens with one attached hydrogen (secondary N) is 2. The number of amides is 3. The number of aromatic nitrogens is 2. The van der Waals surface area contributed by atoms with Gasteiger partial charge in [-0.3, -0.25) is 30.1 Å². The molecule has 1 aliphatic rings. The second-order valence-corrected chi connectivity index (χ2v) is 6.29. The van der Waals surface area contributed by atoms with Crippen LogP contribution in [0.5, 0.6) is 0 Å². The first-order valence-corrected chi connectivity index (χ1v) is 8.38. The Labute approximate surface area is 142 Å². The van der Waals surface area contributed by atoms with Crippen molar-refractivity contribution in [2.75, 3.05) is 11.4 Å². The zero-order valence-electron chi connectivity index (χ0n) is 13.1. The third-order valence-electron chi connectivity index (χ3n) is 3.68. The van der Waals surface area contributed by atoms with Crippen LogP contribution >= 0.6 is 11.3 Å². The summed E-state index contributed by atoms with van der Waals surface area (Å²) in [7, 11) is 1.74. The normalized spacial score (nSPS) is 14.0. The minimum absolute atomic E-state index is 0.0337. The Kier molecular flexibility index (Phi) is 4.61. The number of aryl methyl sites for hydroxylation is 1. The molecule has 0 radical (unpaired) electrons. The van der Waals surface area contributed by atoms with Crippen LogP contribution < -0.4 is 15.8 Å². The standard InChI is InChI=1S/C15H17N5O3S/c1-19-6-2-4-11(19)14(23)18-17-12(21)8-10-9-24-15(16-10)20-7-3-5-13(20)22/h2,4,6,9H,3,5,7-8H2,1H3,(H,17,21)(H,18,23). The van der Waals surface area contributed by atoms with Crippen LogP contribution in [0.2, 0.25) is 0 Å². The van der Waals surface area contributed by atoms with Crippen molar-refractivity contribution < 1.29 is 14.4 Å². The minimum Gasteiger partial charge on any atom is -0.347 e. The van der Waals surface area contributed by atoms with Crippen molar-refractivity contribution in [2.24, 2.45) is 7.05 Å². The maximum absolute atomic E-state index is 11.9. The van der Waals surface area contributed by atoms with E-state index < -0.39 is 5.91 Å². The van der Waals surface area contributed by atoms with Crippen LogP contribution in [0.1, 0.15) is 29.0 Å². The van der Waals surface area contributed by atoms with Gasteiger partial charge in [-0.15, -0.1) is 11.3 Å². The highest BCUT2D eigenvalue weighted by Crippen LogP contribution is 2.25. The van der Waals surface area contributed by atoms with E-state index in [1.807, 2.05) is 0 Å². The number of hydrazine groups is 1. The Bertz CT molecular complexity index is 782. The lowest BCUT2D eigenvalue weighted by molar-refractivity contribution is -0.121. The fourth-order valence-electron chi connectivity index (χ4n) is 2.45. The van der Waals surface area contributed by atoms with Gasteiger partial charge in [0, 0.05) is 31.6 Å².